The molecule has 4 heteroatoms. The lowest BCUT2D eigenvalue weighted by atomic mass is 10.1. The van der Waals surface area contributed by atoms with Crippen molar-refractivity contribution in [3.05, 3.63) is 21.8 Å². The number of hydrogen-bond acceptors (Lipinski definition) is 3. The van der Waals surface area contributed by atoms with E-state index in [0.29, 0.717) is 6.61 Å². The first-order chi connectivity index (χ1) is 6.17. The summed E-state index contributed by atoms with van der Waals surface area (Å²) in [6.45, 7) is 3.82. The van der Waals surface area contributed by atoms with Gasteiger partial charge in [0, 0.05) is 0 Å². The number of halogens is 1. The van der Waals surface area contributed by atoms with Crippen LogP contribution in [0.15, 0.2) is 21.8 Å². The molecule has 0 saturated carbocycles. The van der Waals surface area contributed by atoms with Gasteiger partial charge in [-0.3, -0.25) is 0 Å². The Balaban J connectivity index is 4.43. The quantitative estimate of drug-likeness (QED) is 0.372. The zero-order chi connectivity index (χ0) is 10.3. The Kier molecular flexibility index (Phi) is 6.89. The number of hydrogen-bond donors (Lipinski definition) is 1. The van der Waals surface area contributed by atoms with Crippen LogP contribution in [0.2, 0.25) is 0 Å². The Morgan fingerprint density at radius 1 is 1.69 bits per heavy atom. The monoisotopic (exact) mass is 296 g/mol. The van der Waals surface area contributed by atoms with E-state index in [2.05, 4.69) is 0 Å². The molecule has 13 heavy (non-hydrogen) atoms. The van der Waals surface area contributed by atoms with Crippen molar-refractivity contribution in [2.75, 3.05) is 6.61 Å². The second-order valence-electron chi connectivity index (χ2n) is 2.26. The van der Waals surface area contributed by atoms with Crippen molar-refractivity contribution in [3.8, 4) is 0 Å². The fourth-order valence-corrected chi connectivity index (χ4v) is 1.35. The van der Waals surface area contributed by atoms with Crippen molar-refractivity contribution in [1.82, 2.24) is 0 Å². The third-order valence-electron chi connectivity index (χ3n) is 1.32. The predicted molar refractivity (Wildman–Crippen MR) is 59.6 cm³/mol. The van der Waals surface area contributed by atoms with Gasteiger partial charge in [0.1, 0.15) is 6.10 Å². The van der Waals surface area contributed by atoms with Gasteiger partial charge in [-0.05, 0) is 17.9 Å². The molecule has 74 valence electrons. The van der Waals surface area contributed by atoms with E-state index in [-0.39, 0.29) is 5.57 Å². The average Bonchev–Trinajstić information content (AvgIpc) is 2.06. The Bertz CT molecular complexity index is 221. The molecule has 0 amide bonds. The zero-order valence-corrected chi connectivity index (χ0v) is 9.82. The number of ether oxygens (including phenoxy) is 1. The van der Waals surface area contributed by atoms with Gasteiger partial charge in [-0.2, -0.15) is 0 Å². The molecule has 0 unspecified atom stereocenters. The highest BCUT2D eigenvalue weighted by Gasteiger charge is 2.16. The smallest absolute Gasteiger partial charge is 0.337 e. The van der Waals surface area contributed by atoms with Crippen molar-refractivity contribution in [2.24, 2.45) is 0 Å². The second-order valence-corrected chi connectivity index (χ2v) is 2.88. The van der Waals surface area contributed by atoms with Crippen molar-refractivity contribution in [2.45, 2.75) is 20.0 Å². The number of esters is 1. The van der Waals surface area contributed by atoms with Crippen LogP contribution in [0.25, 0.3) is 0 Å². The van der Waals surface area contributed by atoms with Crippen LogP contribution < -0.4 is 0 Å². The fourth-order valence-electron chi connectivity index (χ4n) is 0.730. The van der Waals surface area contributed by atoms with Gasteiger partial charge >= 0.3 is 5.97 Å². The first kappa shape index (κ1) is 12.6. The van der Waals surface area contributed by atoms with Gasteiger partial charge in [0.05, 0.1) is 12.2 Å². The topological polar surface area (TPSA) is 46.5 Å². The van der Waals surface area contributed by atoms with E-state index >= 15 is 0 Å². The summed E-state index contributed by atoms with van der Waals surface area (Å²) < 4.78 is 6.28. The van der Waals surface area contributed by atoms with Gasteiger partial charge in [0.15, 0.2) is 0 Å². The van der Waals surface area contributed by atoms with Crippen LogP contribution >= 0.6 is 22.6 Å². The summed E-state index contributed by atoms with van der Waals surface area (Å²) in [7, 11) is 0. The van der Waals surface area contributed by atoms with Crippen LogP contribution in [0.3, 0.4) is 0 Å². The average molecular weight is 296 g/mol. The summed E-state index contributed by atoms with van der Waals surface area (Å²) in [5.41, 5.74) is 0.264. The van der Waals surface area contributed by atoms with Crippen LogP contribution in [0.5, 0.6) is 0 Å². The van der Waals surface area contributed by atoms with Crippen molar-refractivity contribution in [1.29, 1.82) is 0 Å². The van der Waals surface area contributed by atoms with Crippen LogP contribution in [0.1, 0.15) is 13.8 Å². The summed E-state index contributed by atoms with van der Waals surface area (Å²) >= 11 is 1.90. The zero-order valence-electron chi connectivity index (χ0n) is 7.66. The number of aliphatic hydroxyl groups is 1. The van der Waals surface area contributed by atoms with E-state index in [1.54, 1.807) is 19.9 Å². The summed E-state index contributed by atoms with van der Waals surface area (Å²) in [5.74, 6) is -0.470. The molecule has 0 aliphatic rings. The first-order valence-electron chi connectivity index (χ1n) is 3.95. The Morgan fingerprint density at radius 2 is 2.31 bits per heavy atom. The molecule has 0 aromatic heterocycles. The molecule has 1 atom stereocenters. The Morgan fingerprint density at radius 3 is 2.69 bits per heavy atom. The highest BCUT2D eigenvalue weighted by atomic mass is 127. The molecule has 0 bridgehead atoms. The maximum Gasteiger partial charge on any atom is 0.337 e. The molecule has 0 aromatic rings. The van der Waals surface area contributed by atoms with Gasteiger partial charge in [-0.15, -0.1) is 0 Å². The van der Waals surface area contributed by atoms with Crippen molar-refractivity contribution >= 4 is 28.6 Å². The highest BCUT2D eigenvalue weighted by Crippen LogP contribution is 2.09. The summed E-state index contributed by atoms with van der Waals surface area (Å²) in [4.78, 5) is 11.2. The number of aliphatic hydroxyl groups excluding tert-OH is 1. The number of carbonyl (C=O) groups is 1. The second kappa shape index (κ2) is 7.08. The van der Waals surface area contributed by atoms with Gasteiger partial charge in [-0.1, -0.05) is 34.7 Å². The van der Waals surface area contributed by atoms with Crippen LogP contribution in [0.4, 0.5) is 0 Å². The minimum absolute atomic E-state index is 0.264. The molecule has 0 radical (unpaired) electrons. The maximum atomic E-state index is 11.2. The van der Waals surface area contributed by atoms with E-state index in [0.717, 1.165) is 0 Å². The highest BCUT2D eigenvalue weighted by molar-refractivity contribution is 14.1. The normalized spacial score (nSPS) is 14.6. The minimum Gasteiger partial charge on any atom is -0.463 e. The molecule has 0 saturated heterocycles. The van der Waals surface area contributed by atoms with Crippen LogP contribution in [-0.4, -0.2) is 23.8 Å². The van der Waals surface area contributed by atoms with Crippen molar-refractivity contribution < 1.29 is 14.6 Å². The van der Waals surface area contributed by atoms with Gasteiger partial charge in [0.25, 0.3) is 0 Å². The molecule has 0 fully saturated rings. The first-order valence-corrected chi connectivity index (χ1v) is 5.20. The number of rotatable bonds is 4. The summed E-state index contributed by atoms with van der Waals surface area (Å²) in [5, 5.41) is 9.45. The van der Waals surface area contributed by atoms with E-state index in [1.165, 1.54) is 10.2 Å². The molecular weight excluding hydrogens is 283 g/mol. The van der Waals surface area contributed by atoms with E-state index < -0.39 is 12.1 Å². The Hall–Kier alpha value is -0.360. The number of allylic oxidation sites excluding steroid dienone is 1. The standard InChI is InChI=1S/C9H13IO3/c1-3-5-8(11)7(6-10)9(12)13-4-2/h3,5-6,8,11H,4H2,1-2H3/b5-3+,7-6-/t8-/m0/s1. The number of carbonyl (C=O) groups excluding carboxylic acids is 1. The van der Waals surface area contributed by atoms with E-state index in [4.69, 9.17) is 4.74 Å². The molecular formula is C9H13IO3. The lowest BCUT2D eigenvalue weighted by Crippen LogP contribution is -2.17. The van der Waals surface area contributed by atoms with Gasteiger partial charge in [0.2, 0.25) is 0 Å². The summed E-state index contributed by atoms with van der Waals surface area (Å²) in [6.07, 6.45) is 2.34. The molecule has 0 aliphatic carbocycles. The Labute approximate surface area is 91.6 Å². The molecule has 3 nitrogen and oxygen atoms in total. The van der Waals surface area contributed by atoms with Gasteiger partial charge < -0.3 is 9.84 Å². The molecule has 1 N–H and O–H groups in total. The molecule has 0 aromatic carbocycles. The largest absolute Gasteiger partial charge is 0.463 e. The lowest BCUT2D eigenvalue weighted by Gasteiger charge is -2.08. The molecule has 0 rings (SSSR count). The van der Waals surface area contributed by atoms with Crippen molar-refractivity contribution in [3.63, 3.8) is 0 Å². The molecule has 0 heterocycles. The summed E-state index contributed by atoms with van der Waals surface area (Å²) in [6, 6.07) is 0. The predicted octanol–water partition coefficient (Wildman–Crippen LogP) is 1.81. The fraction of sp³-hybridized carbons (Fsp3) is 0.444. The maximum absolute atomic E-state index is 11.2. The minimum atomic E-state index is -0.874. The SMILES string of the molecule is C/C=C/[C@H](O)/C(=C/I)C(=O)OCC. The molecule has 0 spiro atoms. The van der Waals surface area contributed by atoms with E-state index in [9.17, 15) is 9.90 Å². The lowest BCUT2D eigenvalue weighted by molar-refractivity contribution is -0.139. The van der Waals surface area contributed by atoms with Crippen LogP contribution in [0, 0.1) is 0 Å². The third-order valence-corrected chi connectivity index (χ3v) is 1.99. The van der Waals surface area contributed by atoms with E-state index in [1.807, 2.05) is 22.6 Å². The van der Waals surface area contributed by atoms with Gasteiger partial charge in [-0.25, -0.2) is 4.79 Å². The van der Waals surface area contributed by atoms with Crippen LogP contribution in [-0.2, 0) is 9.53 Å². The molecule has 0 aliphatic heterocycles. The third kappa shape index (κ3) is 4.42.